The molecule has 0 bridgehead atoms. The molecule has 2 aliphatic heterocycles. The second-order valence-corrected chi connectivity index (χ2v) is 18.0. The van der Waals surface area contributed by atoms with Gasteiger partial charge in [-0.2, -0.15) is 0 Å². The average molecular weight is 892 g/mol. The van der Waals surface area contributed by atoms with Crippen LogP contribution in [-0.2, 0) is 34.3 Å². The van der Waals surface area contributed by atoms with E-state index in [4.69, 9.17) is 14.3 Å². The van der Waals surface area contributed by atoms with E-state index in [0.717, 1.165) is 39.2 Å². The molecule has 3 heterocycles. The summed E-state index contributed by atoms with van der Waals surface area (Å²) in [5, 5.41) is 11.2. The van der Waals surface area contributed by atoms with Crippen LogP contribution in [0.5, 0.6) is 0 Å². The third-order valence-corrected chi connectivity index (χ3v) is 12.6. The van der Waals surface area contributed by atoms with E-state index in [-0.39, 0.29) is 22.2 Å². The molecular weight excluding hydrogens is 847 g/mol. The highest BCUT2D eigenvalue weighted by molar-refractivity contribution is 8.00. The molecule has 5 aromatic carbocycles. The Morgan fingerprint density at radius 3 is 1.77 bits per heavy atom. The number of anilines is 1. The number of carbonyl (C=O) groups excluding carboxylic acids is 4. The lowest BCUT2D eigenvalue weighted by Gasteiger charge is -2.49. The molecule has 0 spiro atoms. The molecule has 1 fully saturated rings. The van der Waals surface area contributed by atoms with Crippen LogP contribution in [0.3, 0.4) is 0 Å². The molecule has 324 valence electrons. The van der Waals surface area contributed by atoms with Gasteiger partial charge in [-0.15, -0.1) is 23.1 Å². The van der Waals surface area contributed by atoms with Gasteiger partial charge in [0.1, 0.15) is 28.4 Å². The Morgan fingerprint density at radius 2 is 1.27 bits per heavy atom. The Labute approximate surface area is 379 Å². The highest BCUT2D eigenvalue weighted by atomic mass is 32.2. The number of thiazole rings is 1. The first-order valence-electron chi connectivity index (χ1n) is 20.6. The largest absolute Gasteiger partial charge is 0.448 e. The van der Waals surface area contributed by atoms with Crippen molar-refractivity contribution in [2.75, 3.05) is 11.1 Å². The van der Waals surface area contributed by atoms with Crippen LogP contribution < -0.4 is 10.6 Å². The Balaban J connectivity index is 1.12. The van der Waals surface area contributed by atoms with Gasteiger partial charge in [0.25, 0.3) is 11.8 Å². The van der Waals surface area contributed by atoms with Gasteiger partial charge in [0.2, 0.25) is 5.60 Å². The normalized spacial score (nSPS) is 16.4. The number of oxime groups is 1. The monoisotopic (exact) mass is 891 g/mol. The van der Waals surface area contributed by atoms with Crippen molar-refractivity contribution in [1.29, 1.82) is 0 Å². The number of esters is 1. The van der Waals surface area contributed by atoms with Gasteiger partial charge in [0.15, 0.2) is 16.9 Å². The van der Waals surface area contributed by atoms with E-state index in [1.165, 1.54) is 16.7 Å². The predicted molar refractivity (Wildman–Crippen MR) is 247 cm³/mol. The van der Waals surface area contributed by atoms with Gasteiger partial charge in [0, 0.05) is 27.8 Å². The number of nitrogens with zero attached hydrogens (tertiary/aromatic N) is 3. The maximum absolute atomic E-state index is 14.7. The third kappa shape index (κ3) is 9.19. The van der Waals surface area contributed by atoms with Crippen molar-refractivity contribution >= 4 is 57.8 Å². The van der Waals surface area contributed by atoms with E-state index >= 15 is 0 Å². The smallest absolute Gasteiger partial charge is 0.413 e. The van der Waals surface area contributed by atoms with E-state index in [1.807, 2.05) is 152 Å². The molecule has 2 N–H and O–H groups in total. The maximum Gasteiger partial charge on any atom is 0.413 e. The summed E-state index contributed by atoms with van der Waals surface area (Å²) in [5.74, 6) is -1.50. The molecule has 2 unspecified atom stereocenters. The summed E-state index contributed by atoms with van der Waals surface area (Å²) < 4.78 is 11.6. The summed E-state index contributed by atoms with van der Waals surface area (Å²) in [6, 6.07) is 46.4. The van der Waals surface area contributed by atoms with E-state index in [1.54, 1.807) is 33.1 Å². The first-order valence-corrected chi connectivity index (χ1v) is 22.5. The van der Waals surface area contributed by atoms with Crippen molar-refractivity contribution in [3.63, 3.8) is 0 Å². The summed E-state index contributed by atoms with van der Waals surface area (Å²) in [6.45, 7) is 7.03. The van der Waals surface area contributed by atoms with Crippen LogP contribution in [0.2, 0.25) is 0 Å². The molecule has 64 heavy (non-hydrogen) atoms. The number of benzene rings is 5. The summed E-state index contributed by atoms with van der Waals surface area (Å²) in [6.07, 6.45) is -1.45. The summed E-state index contributed by atoms with van der Waals surface area (Å²) >= 11 is 2.48. The number of β-lactam (4-membered cyclic amide) rings is 1. The lowest BCUT2D eigenvalue weighted by Crippen LogP contribution is -2.71. The molecule has 2 aliphatic rings. The topological polar surface area (TPSA) is 149 Å². The van der Waals surface area contributed by atoms with Gasteiger partial charge < -0.3 is 19.6 Å². The fraction of sp³-hybridized carbons (Fsp3) is 0.200. The van der Waals surface area contributed by atoms with Crippen LogP contribution >= 0.6 is 23.1 Å². The number of fused-ring (bicyclic) bond motifs is 1. The van der Waals surface area contributed by atoms with E-state index in [2.05, 4.69) is 20.8 Å². The van der Waals surface area contributed by atoms with E-state index in [0.29, 0.717) is 11.3 Å². The van der Waals surface area contributed by atoms with Crippen molar-refractivity contribution in [3.8, 4) is 0 Å². The van der Waals surface area contributed by atoms with Crippen LogP contribution in [0.25, 0.3) is 0 Å². The fourth-order valence-corrected chi connectivity index (χ4v) is 9.52. The fourth-order valence-electron chi connectivity index (χ4n) is 7.55. The van der Waals surface area contributed by atoms with Crippen molar-refractivity contribution in [3.05, 3.63) is 202 Å². The van der Waals surface area contributed by atoms with Crippen molar-refractivity contribution in [2.24, 2.45) is 5.16 Å². The van der Waals surface area contributed by atoms with Gasteiger partial charge in [-0.3, -0.25) is 19.8 Å². The lowest BCUT2D eigenvalue weighted by atomic mass is 9.80. The minimum atomic E-state index is -1.36. The van der Waals surface area contributed by atoms with Gasteiger partial charge >= 0.3 is 12.1 Å². The Bertz CT molecular complexity index is 2550. The minimum absolute atomic E-state index is 0.0736. The van der Waals surface area contributed by atoms with Crippen molar-refractivity contribution < 1.29 is 33.5 Å². The maximum atomic E-state index is 14.7. The molecule has 1 aromatic heterocycles. The average Bonchev–Trinajstić information content (AvgIpc) is 3.77. The molecule has 1 saturated heterocycles. The highest BCUT2D eigenvalue weighted by Crippen LogP contribution is 2.43. The zero-order chi connectivity index (χ0) is 44.8. The zero-order valence-corrected chi connectivity index (χ0v) is 37.1. The molecule has 12 nitrogen and oxygen atoms in total. The summed E-state index contributed by atoms with van der Waals surface area (Å²) in [7, 11) is 0. The number of amides is 3. The van der Waals surface area contributed by atoms with E-state index < -0.39 is 52.6 Å². The summed E-state index contributed by atoms with van der Waals surface area (Å²) in [5.41, 5.74) is 2.25. The minimum Gasteiger partial charge on any atom is -0.448 e. The molecule has 14 heteroatoms. The highest BCUT2D eigenvalue weighted by Gasteiger charge is 2.54. The second kappa shape index (κ2) is 18.8. The number of hydrogen-bond donors (Lipinski definition) is 2. The van der Waals surface area contributed by atoms with Crippen LogP contribution in [0, 0.1) is 0 Å². The van der Waals surface area contributed by atoms with Gasteiger partial charge in [-0.1, -0.05) is 157 Å². The Kier molecular flexibility index (Phi) is 12.8. The van der Waals surface area contributed by atoms with E-state index in [9.17, 15) is 19.2 Å². The van der Waals surface area contributed by atoms with Crippen molar-refractivity contribution in [1.82, 2.24) is 15.2 Å². The predicted octanol–water partition coefficient (Wildman–Crippen LogP) is 9.21. The first kappa shape index (κ1) is 43.6. The van der Waals surface area contributed by atoms with Crippen LogP contribution in [0.1, 0.15) is 67.3 Å². The van der Waals surface area contributed by atoms with Crippen molar-refractivity contribution in [2.45, 2.75) is 56.4 Å². The molecule has 6 aromatic rings. The van der Waals surface area contributed by atoms with Gasteiger partial charge in [-0.25, -0.2) is 14.6 Å². The Hall–Kier alpha value is -7.03. The number of hydrogen-bond acceptors (Lipinski definition) is 11. The molecule has 8 rings (SSSR count). The SMILES string of the molecule is CC1=C(C(=O)OC(c2ccccc2)c2ccccc2)N2C(=O)C(NC(=O)C(=NOC(c3ccccc3)(c3ccccc3)c3ccccc3)c3csc(NC(=O)OC(C)(C)C)n3)C2SC1. The molecule has 3 amide bonds. The lowest BCUT2D eigenvalue weighted by molar-refractivity contribution is -0.154. The molecule has 0 radical (unpaired) electrons. The number of ether oxygens (including phenoxy) is 2. The van der Waals surface area contributed by atoms with Crippen LogP contribution in [0.15, 0.2) is 173 Å². The summed E-state index contributed by atoms with van der Waals surface area (Å²) in [4.78, 5) is 68.5. The standard InChI is InChI=1S/C50H45N5O7S2/c1-32-30-63-45-40(44(57)55(45)41(32)46(58)60-42(33-20-10-5-11-21-33)34-22-12-6-13-23-34)52-43(56)39(38-31-64-47(51-38)53-48(59)61-49(2,3)4)54-62-50(35-24-14-7-15-25-35,36-26-16-8-17-27-36)37-28-18-9-19-29-37/h5-29,31,40,42,45H,30H2,1-4H3,(H,52,56)(H,51,53,59). The first-order chi connectivity index (χ1) is 30.9. The number of carbonyl (C=O) groups is 4. The van der Waals surface area contributed by atoms with Crippen LogP contribution in [-0.4, -0.2) is 62.2 Å². The molecular formula is C50H45N5O7S2. The second-order valence-electron chi connectivity index (χ2n) is 16.1. The van der Waals surface area contributed by atoms with Gasteiger partial charge in [0.05, 0.1) is 0 Å². The number of nitrogens with one attached hydrogen (secondary N) is 2. The number of rotatable bonds is 13. The molecule has 2 atom stereocenters. The number of aromatic nitrogens is 1. The zero-order valence-electron chi connectivity index (χ0n) is 35.5. The number of thioether (sulfide) groups is 1. The molecule has 0 aliphatic carbocycles. The van der Waals surface area contributed by atoms with Gasteiger partial charge in [-0.05, 0) is 44.4 Å². The third-order valence-electron chi connectivity index (χ3n) is 10.5. The molecule has 0 saturated carbocycles. The van der Waals surface area contributed by atoms with Crippen LogP contribution in [0.4, 0.5) is 9.93 Å². The Morgan fingerprint density at radius 1 is 0.766 bits per heavy atom. The quantitative estimate of drug-likeness (QED) is 0.0381.